The van der Waals surface area contributed by atoms with E-state index in [1.807, 2.05) is 24.3 Å². The quantitative estimate of drug-likeness (QED) is 0.551. The zero-order valence-electron chi connectivity index (χ0n) is 15.1. The van der Waals surface area contributed by atoms with Crippen LogP contribution in [0.25, 0.3) is 16.6 Å². The molecule has 0 saturated carbocycles. The van der Waals surface area contributed by atoms with Gasteiger partial charge in [-0.15, -0.1) is 0 Å². The van der Waals surface area contributed by atoms with Gasteiger partial charge in [0.15, 0.2) is 0 Å². The van der Waals surface area contributed by atoms with Gasteiger partial charge in [-0.2, -0.15) is 0 Å². The number of aryl methyl sites for hydroxylation is 1. The molecule has 1 aliphatic heterocycles. The first-order valence-electron chi connectivity index (χ1n) is 9.31. The van der Waals surface area contributed by atoms with E-state index in [2.05, 4.69) is 0 Å². The van der Waals surface area contributed by atoms with Crippen molar-refractivity contribution in [1.29, 1.82) is 0 Å². The van der Waals surface area contributed by atoms with Gasteiger partial charge < -0.3 is 13.9 Å². The van der Waals surface area contributed by atoms with Gasteiger partial charge in [0.05, 0.1) is 11.0 Å². The number of anilines is 1. The fourth-order valence-electron chi connectivity index (χ4n) is 4.09. The largest absolute Gasteiger partial charge is 0.312 e. The summed E-state index contributed by atoms with van der Waals surface area (Å²) in [5, 5.41) is 0. The Labute approximate surface area is 160 Å². The van der Waals surface area contributed by atoms with Crippen molar-refractivity contribution < 1.29 is 9.18 Å². The summed E-state index contributed by atoms with van der Waals surface area (Å²) >= 11 is 0. The Morgan fingerprint density at radius 3 is 2.75 bits per heavy atom. The highest BCUT2D eigenvalue weighted by atomic mass is 19.1. The van der Waals surface area contributed by atoms with Crippen LogP contribution >= 0.6 is 0 Å². The van der Waals surface area contributed by atoms with Gasteiger partial charge in [-0.25, -0.2) is 4.39 Å². The van der Waals surface area contributed by atoms with Crippen LogP contribution in [0, 0.1) is 5.82 Å². The summed E-state index contributed by atoms with van der Waals surface area (Å²) in [6, 6.07) is 15.8. The first-order chi connectivity index (χ1) is 13.6. The van der Waals surface area contributed by atoms with Gasteiger partial charge in [0.25, 0.3) is 5.56 Å². The molecule has 3 heterocycles. The molecule has 1 amide bonds. The third-order valence-corrected chi connectivity index (χ3v) is 5.44. The fourth-order valence-corrected chi connectivity index (χ4v) is 4.09. The minimum atomic E-state index is -0.410. The summed E-state index contributed by atoms with van der Waals surface area (Å²) < 4.78 is 17.1. The Bertz CT molecular complexity index is 1290. The van der Waals surface area contributed by atoms with E-state index in [0.29, 0.717) is 17.6 Å². The van der Waals surface area contributed by atoms with Crippen LogP contribution in [0.2, 0.25) is 0 Å². The van der Waals surface area contributed by atoms with E-state index >= 15 is 0 Å². The lowest BCUT2D eigenvalue weighted by molar-refractivity contribution is -0.118. The molecule has 0 spiro atoms. The van der Waals surface area contributed by atoms with Crippen LogP contribution in [0.5, 0.6) is 0 Å². The van der Waals surface area contributed by atoms with E-state index in [9.17, 15) is 14.0 Å². The van der Waals surface area contributed by atoms with Gasteiger partial charge in [-0.1, -0.05) is 18.2 Å². The maximum atomic E-state index is 13.9. The van der Waals surface area contributed by atoms with E-state index in [-0.39, 0.29) is 24.4 Å². The molecule has 0 N–H and O–H groups in total. The van der Waals surface area contributed by atoms with Gasteiger partial charge in [0.2, 0.25) is 5.91 Å². The van der Waals surface area contributed by atoms with Crippen LogP contribution in [0.15, 0.2) is 65.6 Å². The molecular formula is C22H18FN3O2. The molecule has 0 unspecified atom stereocenters. The number of benzene rings is 2. The van der Waals surface area contributed by atoms with Gasteiger partial charge in [0, 0.05) is 31.4 Å². The molecular weight excluding hydrogens is 357 g/mol. The third kappa shape index (κ3) is 2.52. The predicted octanol–water partition coefficient (Wildman–Crippen LogP) is 3.37. The lowest BCUT2D eigenvalue weighted by Crippen LogP contribution is -2.31. The number of hydrogen-bond donors (Lipinski definition) is 0. The maximum absolute atomic E-state index is 13.9. The Morgan fingerprint density at radius 2 is 1.86 bits per heavy atom. The van der Waals surface area contributed by atoms with E-state index in [0.717, 1.165) is 23.2 Å². The Balaban J connectivity index is 1.51. The highest BCUT2D eigenvalue weighted by molar-refractivity contribution is 5.95. The molecule has 0 bridgehead atoms. The number of hydrogen-bond acceptors (Lipinski definition) is 2. The summed E-state index contributed by atoms with van der Waals surface area (Å²) in [5.41, 5.74) is 3.62. The van der Waals surface area contributed by atoms with Gasteiger partial charge in [0.1, 0.15) is 11.3 Å². The van der Waals surface area contributed by atoms with Crippen molar-refractivity contribution in [3.63, 3.8) is 0 Å². The van der Waals surface area contributed by atoms with Crippen molar-refractivity contribution >= 4 is 28.1 Å². The zero-order chi connectivity index (χ0) is 19.3. The summed E-state index contributed by atoms with van der Waals surface area (Å²) in [6.07, 6.45) is 2.80. The van der Waals surface area contributed by atoms with Crippen LogP contribution in [-0.4, -0.2) is 21.4 Å². The molecule has 2 aromatic heterocycles. The minimum Gasteiger partial charge on any atom is -0.312 e. The zero-order valence-corrected chi connectivity index (χ0v) is 15.1. The van der Waals surface area contributed by atoms with E-state index in [1.54, 1.807) is 33.7 Å². The molecule has 1 aliphatic rings. The molecule has 140 valence electrons. The van der Waals surface area contributed by atoms with E-state index < -0.39 is 5.82 Å². The first-order valence-corrected chi connectivity index (χ1v) is 9.31. The van der Waals surface area contributed by atoms with E-state index in [4.69, 9.17) is 0 Å². The predicted molar refractivity (Wildman–Crippen MR) is 106 cm³/mol. The Morgan fingerprint density at radius 1 is 1.00 bits per heavy atom. The van der Waals surface area contributed by atoms with Gasteiger partial charge >= 0.3 is 0 Å². The molecule has 2 aromatic carbocycles. The monoisotopic (exact) mass is 375 g/mol. The molecule has 5 nitrogen and oxygen atoms in total. The van der Waals surface area contributed by atoms with Crippen LogP contribution in [-0.2, 0) is 17.8 Å². The molecule has 0 aliphatic carbocycles. The normalized spacial score (nSPS) is 13.4. The topological polar surface area (TPSA) is 46.7 Å². The molecule has 6 heteroatoms. The Hall–Kier alpha value is -3.41. The van der Waals surface area contributed by atoms with Gasteiger partial charge in [-0.3, -0.25) is 9.59 Å². The number of rotatable bonds is 3. The van der Waals surface area contributed by atoms with Crippen molar-refractivity contribution in [3.8, 4) is 0 Å². The van der Waals surface area contributed by atoms with Crippen molar-refractivity contribution in [2.24, 2.45) is 0 Å². The van der Waals surface area contributed by atoms with Crippen molar-refractivity contribution in [3.05, 3.63) is 82.5 Å². The average molecular weight is 375 g/mol. The first kappa shape index (κ1) is 16.7. The molecule has 0 atom stereocenters. The molecule has 5 rings (SSSR count). The summed E-state index contributed by atoms with van der Waals surface area (Å²) in [6.45, 7) is 0.859. The number of para-hydroxylation sites is 1. The third-order valence-electron chi connectivity index (χ3n) is 5.44. The molecule has 0 fully saturated rings. The standard InChI is InChI=1S/C22H18FN3O2/c23-16-7-8-18-20(14-16)26(22(28)19-6-3-11-24(18)19)13-10-21(27)25-12-9-15-4-1-2-5-17(15)25/h1-8,11,14H,9-10,12-13H2. The highest BCUT2D eigenvalue weighted by Crippen LogP contribution is 2.28. The number of carbonyl (C=O) groups is 1. The highest BCUT2D eigenvalue weighted by Gasteiger charge is 2.24. The average Bonchev–Trinajstić information content (AvgIpc) is 3.35. The molecule has 0 saturated heterocycles. The number of aromatic nitrogens is 2. The number of amides is 1. The SMILES string of the molecule is O=C(CCn1c(=O)c2cccn2c2ccc(F)cc21)N1CCc2ccccc21. The second kappa shape index (κ2) is 6.34. The number of halogens is 1. The lowest BCUT2D eigenvalue weighted by atomic mass is 10.2. The molecule has 0 radical (unpaired) electrons. The van der Waals surface area contributed by atoms with Crippen LogP contribution in [0.4, 0.5) is 10.1 Å². The number of carbonyl (C=O) groups excluding carboxylic acids is 1. The summed E-state index contributed by atoms with van der Waals surface area (Å²) in [5.74, 6) is -0.441. The number of fused-ring (bicyclic) bond motifs is 4. The van der Waals surface area contributed by atoms with Gasteiger partial charge in [-0.05, 0) is 48.4 Å². The van der Waals surface area contributed by atoms with Crippen LogP contribution < -0.4 is 10.5 Å². The second-order valence-electron chi connectivity index (χ2n) is 7.03. The Kier molecular flexibility index (Phi) is 3.79. The van der Waals surface area contributed by atoms with Crippen LogP contribution in [0.1, 0.15) is 12.0 Å². The molecule has 28 heavy (non-hydrogen) atoms. The minimum absolute atomic E-state index is 0.0309. The van der Waals surface area contributed by atoms with Crippen molar-refractivity contribution in [2.75, 3.05) is 11.4 Å². The van der Waals surface area contributed by atoms with E-state index in [1.165, 1.54) is 16.7 Å². The second-order valence-corrected chi connectivity index (χ2v) is 7.03. The summed E-state index contributed by atoms with van der Waals surface area (Å²) in [7, 11) is 0. The van der Waals surface area contributed by atoms with Crippen LogP contribution in [0.3, 0.4) is 0 Å². The number of nitrogens with zero attached hydrogens (tertiary/aromatic N) is 3. The fraction of sp³-hybridized carbons (Fsp3) is 0.182. The van der Waals surface area contributed by atoms with Crippen molar-refractivity contribution in [2.45, 2.75) is 19.4 Å². The summed E-state index contributed by atoms with van der Waals surface area (Å²) in [4.78, 5) is 27.6. The maximum Gasteiger partial charge on any atom is 0.275 e. The van der Waals surface area contributed by atoms with Crippen molar-refractivity contribution in [1.82, 2.24) is 8.97 Å². The lowest BCUT2D eigenvalue weighted by Gasteiger charge is -2.18. The molecule has 4 aromatic rings. The smallest absolute Gasteiger partial charge is 0.275 e.